The number of aryl methyl sites for hydroxylation is 1. The Morgan fingerprint density at radius 2 is 1.72 bits per heavy atom. The largest absolute Gasteiger partial charge is 0.543 e. The maximum absolute atomic E-state index is 11.4. The summed E-state index contributed by atoms with van der Waals surface area (Å²) in [5, 5.41) is 0. The Bertz CT molecular complexity index is 971. The summed E-state index contributed by atoms with van der Waals surface area (Å²) in [6.07, 6.45) is 8.61. The summed E-state index contributed by atoms with van der Waals surface area (Å²) < 4.78 is 12.4. The van der Waals surface area contributed by atoms with Gasteiger partial charge in [-0.2, -0.15) is 0 Å². The second-order valence-electron chi connectivity index (χ2n) is 13.3. The van der Waals surface area contributed by atoms with Crippen LogP contribution in [0.5, 0.6) is 5.75 Å². The number of carbonyl (C=O) groups is 1. The first-order chi connectivity index (χ1) is 16.9. The zero-order chi connectivity index (χ0) is 26.4. The van der Waals surface area contributed by atoms with Gasteiger partial charge in [0.2, 0.25) is 0 Å². The average molecular weight is 511 g/mol. The molecule has 0 saturated heterocycles. The predicted octanol–water partition coefficient (Wildman–Crippen LogP) is 8.83. The Morgan fingerprint density at radius 1 is 1.06 bits per heavy atom. The van der Waals surface area contributed by atoms with Gasteiger partial charge in [-0.05, 0) is 95.2 Å². The number of esters is 1. The van der Waals surface area contributed by atoms with Gasteiger partial charge in [-0.1, -0.05) is 73.1 Å². The molecule has 200 valence electrons. The van der Waals surface area contributed by atoms with Crippen molar-refractivity contribution in [2.24, 2.45) is 23.2 Å². The highest BCUT2D eigenvalue weighted by molar-refractivity contribution is 6.78. The van der Waals surface area contributed by atoms with E-state index in [-0.39, 0.29) is 11.4 Å². The van der Waals surface area contributed by atoms with E-state index in [1.165, 1.54) is 38.2 Å². The zero-order valence-electron chi connectivity index (χ0n) is 24.3. The van der Waals surface area contributed by atoms with E-state index in [2.05, 4.69) is 79.7 Å². The Kier molecular flexibility index (Phi) is 7.87. The minimum Gasteiger partial charge on any atom is -0.543 e. The highest BCUT2D eigenvalue weighted by Crippen LogP contribution is 2.62. The molecule has 0 bridgehead atoms. The predicted molar refractivity (Wildman–Crippen MR) is 152 cm³/mol. The molecule has 3 nitrogen and oxygen atoms in total. The third kappa shape index (κ3) is 4.61. The molecule has 4 rings (SSSR count). The molecule has 0 unspecified atom stereocenters. The van der Waals surface area contributed by atoms with Crippen LogP contribution in [0.4, 0.5) is 0 Å². The molecular formula is C32H50O3Si. The molecule has 0 N–H and O–H groups in total. The van der Waals surface area contributed by atoms with Crippen LogP contribution < -0.4 is 4.43 Å². The fourth-order valence-corrected chi connectivity index (χ4v) is 14.1. The molecule has 5 atom stereocenters. The lowest BCUT2D eigenvalue weighted by Crippen LogP contribution is -2.50. The van der Waals surface area contributed by atoms with Crippen molar-refractivity contribution in [1.82, 2.24) is 0 Å². The van der Waals surface area contributed by atoms with Crippen LogP contribution >= 0.6 is 0 Å². The van der Waals surface area contributed by atoms with E-state index < -0.39 is 8.32 Å². The fraction of sp³-hybridized carbons (Fsp3) is 0.719. The van der Waals surface area contributed by atoms with Gasteiger partial charge in [0.15, 0.2) is 0 Å². The number of carbonyl (C=O) groups excluding carboxylic acids is 1. The van der Waals surface area contributed by atoms with E-state index in [0.717, 1.165) is 18.1 Å². The molecule has 0 heterocycles. The Hall–Kier alpha value is -1.55. The normalized spacial score (nSPS) is 28.4. The van der Waals surface area contributed by atoms with Crippen molar-refractivity contribution >= 4 is 14.3 Å². The summed E-state index contributed by atoms with van der Waals surface area (Å²) in [6, 6.07) is 7.13. The zero-order valence-corrected chi connectivity index (χ0v) is 25.3. The minimum absolute atomic E-state index is 0.173. The van der Waals surface area contributed by atoms with E-state index in [0.29, 0.717) is 41.0 Å². The summed E-state index contributed by atoms with van der Waals surface area (Å²) in [4.78, 5) is 11.4. The van der Waals surface area contributed by atoms with E-state index in [4.69, 9.17) is 9.16 Å². The van der Waals surface area contributed by atoms with E-state index in [9.17, 15) is 4.79 Å². The lowest BCUT2D eigenvalue weighted by atomic mass is 9.53. The van der Waals surface area contributed by atoms with Gasteiger partial charge in [0.25, 0.3) is 8.32 Å². The smallest absolute Gasteiger partial charge is 0.302 e. The highest BCUT2D eigenvalue weighted by Gasteiger charge is 2.52. The van der Waals surface area contributed by atoms with Crippen molar-refractivity contribution in [3.63, 3.8) is 0 Å². The molecule has 1 fully saturated rings. The van der Waals surface area contributed by atoms with Gasteiger partial charge in [0.05, 0.1) is 6.61 Å². The van der Waals surface area contributed by atoms with Crippen molar-refractivity contribution in [2.45, 2.75) is 117 Å². The van der Waals surface area contributed by atoms with Gasteiger partial charge in [0, 0.05) is 12.8 Å². The first-order valence-electron chi connectivity index (χ1n) is 14.6. The standard InChI is InChI=1S/C32H50O3Si/c1-20(2)36(21(3)4,22(5)6)35-26-11-13-27-25(18-26)10-12-29-28(27)16-17-32(9)30(14-15-31(29)32)23(7)19-34-24(8)33/h11,13-14,18,20-23,28-29,31H,10,12,15-17,19H2,1-9H3/t23-,28-,29-,31+,32-/m1/s1. The van der Waals surface area contributed by atoms with Gasteiger partial charge in [-0.3, -0.25) is 4.79 Å². The molecule has 0 amide bonds. The molecule has 3 aliphatic carbocycles. The number of hydrogen-bond acceptors (Lipinski definition) is 3. The first-order valence-corrected chi connectivity index (χ1v) is 16.7. The molecule has 4 heteroatoms. The molecule has 3 aliphatic rings. The number of ether oxygens (including phenoxy) is 1. The van der Waals surface area contributed by atoms with Crippen LogP contribution in [0.1, 0.15) is 105 Å². The Balaban J connectivity index is 1.54. The number of fused-ring (bicyclic) bond motifs is 5. The SMILES string of the molecule is CC(=O)OC[C@@H](C)C1=CC[C@H]2[C@@H]3CCc4cc(O[Si](C(C)C)(C(C)C)C(C)C)ccc4[C@H]3CC[C@]12C. The number of allylic oxidation sites excluding steroid dienone is 1. The molecule has 0 aromatic heterocycles. The summed E-state index contributed by atoms with van der Waals surface area (Å²) in [6.45, 7) is 21.0. The lowest BCUT2D eigenvalue weighted by Gasteiger charge is -2.51. The van der Waals surface area contributed by atoms with Gasteiger partial charge in [-0.15, -0.1) is 0 Å². The summed E-state index contributed by atoms with van der Waals surface area (Å²) >= 11 is 0. The molecule has 36 heavy (non-hydrogen) atoms. The van der Waals surface area contributed by atoms with Crippen molar-refractivity contribution < 1.29 is 14.0 Å². The maximum Gasteiger partial charge on any atom is 0.302 e. The quantitative estimate of drug-likeness (QED) is 0.199. The molecule has 0 spiro atoms. The van der Waals surface area contributed by atoms with Crippen LogP contribution in [0.15, 0.2) is 29.8 Å². The van der Waals surface area contributed by atoms with Crippen LogP contribution in [0, 0.1) is 23.2 Å². The minimum atomic E-state index is -1.95. The van der Waals surface area contributed by atoms with Crippen molar-refractivity contribution in [3.8, 4) is 5.75 Å². The van der Waals surface area contributed by atoms with Crippen molar-refractivity contribution in [1.29, 1.82) is 0 Å². The van der Waals surface area contributed by atoms with Crippen LogP contribution in [-0.2, 0) is 16.0 Å². The summed E-state index contributed by atoms with van der Waals surface area (Å²) in [5.41, 5.74) is 6.67. The van der Waals surface area contributed by atoms with Crippen molar-refractivity contribution in [3.05, 3.63) is 41.0 Å². The average Bonchev–Trinajstić information content (AvgIpc) is 3.17. The monoisotopic (exact) mass is 510 g/mol. The maximum atomic E-state index is 11.4. The number of hydrogen-bond donors (Lipinski definition) is 0. The number of benzene rings is 1. The van der Waals surface area contributed by atoms with Gasteiger partial charge in [0.1, 0.15) is 5.75 Å². The second-order valence-corrected chi connectivity index (χ2v) is 18.6. The third-order valence-corrected chi connectivity index (χ3v) is 16.4. The molecule has 1 saturated carbocycles. The Labute approximate surface area is 221 Å². The van der Waals surface area contributed by atoms with Crippen LogP contribution in [0.25, 0.3) is 0 Å². The molecule has 0 radical (unpaired) electrons. The second kappa shape index (κ2) is 10.3. The Morgan fingerprint density at radius 3 is 2.33 bits per heavy atom. The van der Waals surface area contributed by atoms with E-state index in [1.807, 2.05) is 0 Å². The first kappa shape index (κ1) is 27.5. The van der Waals surface area contributed by atoms with Gasteiger partial charge < -0.3 is 9.16 Å². The number of rotatable bonds is 8. The fourth-order valence-electron chi connectivity index (χ4n) is 8.88. The topological polar surface area (TPSA) is 35.5 Å². The van der Waals surface area contributed by atoms with E-state index >= 15 is 0 Å². The van der Waals surface area contributed by atoms with Crippen LogP contribution in [-0.4, -0.2) is 20.9 Å². The molecule has 1 aromatic rings. The summed E-state index contributed by atoms with van der Waals surface area (Å²) in [5.74, 6) is 3.36. The lowest BCUT2D eigenvalue weighted by molar-refractivity contribution is -0.141. The third-order valence-electron chi connectivity index (χ3n) is 10.4. The van der Waals surface area contributed by atoms with Crippen LogP contribution in [0.2, 0.25) is 16.6 Å². The molecule has 0 aliphatic heterocycles. The van der Waals surface area contributed by atoms with Crippen LogP contribution in [0.3, 0.4) is 0 Å². The van der Waals surface area contributed by atoms with Gasteiger partial charge in [-0.25, -0.2) is 0 Å². The van der Waals surface area contributed by atoms with E-state index in [1.54, 1.807) is 11.1 Å². The molecule has 1 aromatic carbocycles. The van der Waals surface area contributed by atoms with Crippen molar-refractivity contribution in [2.75, 3.05) is 6.61 Å². The van der Waals surface area contributed by atoms with Gasteiger partial charge >= 0.3 is 5.97 Å². The highest BCUT2D eigenvalue weighted by atomic mass is 28.4. The molecular weight excluding hydrogens is 460 g/mol. The summed E-state index contributed by atoms with van der Waals surface area (Å²) in [7, 11) is -1.95.